The highest BCUT2D eigenvalue weighted by atomic mass is 16.6. The Morgan fingerprint density at radius 1 is 1.10 bits per heavy atom. The Hall–Kier alpha value is -2.77. The molecule has 0 spiro atoms. The van der Waals surface area contributed by atoms with Crippen LogP contribution in [0.2, 0.25) is 0 Å². The number of carbonyl (C=O) groups excluding carboxylic acids is 2. The lowest BCUT2D eigenvalue weighted by Gasteiger charge is -2.19. The first-order chi connectivity index (χ1) is 14.1. The Bertz CT molecular complexity index is 713. The Morgan fingerprint density at radius 3 is 2.43 bits per heavy atom. The minimum Gasteiger partial charge on any atom is -0.444 e. The minimum absolute atomic E-state index is 0.0755. The number of aliphatic imine (C=N–C) groups is 1. The summed E-state index contributed by atoms with van der Waals surface area (Å²) >= 11 is 0. The second-order valence-electron chi connectivity index (χ2n) is 8.03. The molecular weight excluding hydrogens is 382 g/mol. The lowest BCUT2D eigenvalue weighted by molar-refractivity contribution is 0.0528. The van der Waals surface area contributed by atoms with Gasteiger partial charge in [0.25, 0.3) is 5.91 Å². The van der Waals surface area contributed by atoms with Gasteiger partial charge in [0.15, 0.2) is 5.96 Å². The molecule has 2 amide bonds. The second-order valence-corrected chi connectivity index (χ2v) is 8.03. The fourth-order valence-electron chi connectivity index (χ4n) is 2.39. The van der Waals surface area contributed by atoms with Crippen LogP contribution in [-0.4, -0.2) is 49.2 Å². The highest BCUT2D eigenvalue weighted by Crippen LogP contribution is 2.08. The Morgan fingerprint density at radius 2 is 1.80 bits per heavy atom. The molecule has 0 fully saturated rings. The van der Waals surface area contributed by atoms with Crippen molar-refractivity contribution in [1.82, 2.24) is 21.3 Å². The minimum atomic E-state index is -0.520. The van der Waals surface area contributed by atoms with E-state index in [4.69, 9.17) is 4.74 Å². The van der Waals surface area contributed by atoms with Gasteiger partial charge in [0, 0.05) is 31.2 Å². The molecule has 0 saturated heterocycles. The first kappa shape index (κ1) is 25.3. The standard InChI is InChI=1S/C22H37N5O3/c1-7-16(3)27-19(28)18-11-9-10-17(14-18)15-26-20(23-8-2)24-12-13-25-21(29)30-22(4,5)6/h9-11,14,16H,7-8,12-13,15H2,1-6H3,(H,25,29)(H,27,28)(H2,23,24,26). The van der Waals surface area contributed by atoms with E-state index in [1.807, 2.05) is 59.7 Å². The summed E-state index contributed by atoms with van der Waals surface area (Å²) in [7, 11) is 0. The van der Waals surface area contributed by atoms with Crippen molar-refractivity contribution in [3.8, 4) is 0 Å². The number of benzene rings is 1. The molecule has 0 aromatic heterocycles. The number of amides is 2. The topological polar surface area (TPSA) is 104 Å². The third kappa shape index (κ3) is 10.7. The predicted molar refractivity (Wildman–Crippen MR) is 121 cm³/mol. The van der Waals surface area contributed by atoms with Gasteiger partial charge < -0.3 is 26.0 Å². The molecule has 0 aliphatic heterocycles. The molecule has 0 radical (unpaired) electrons. The molecule has 0 saturated carbocycles. The van der Waals surface area contributed by atoms with Crippen molar-refractivity contribution < 1.29 is 14.3 Å². The maximum atomic E-state index is 12.3. The molecule has 0 bridgehead atoms. The van der Waals surface area contributed by atoms with Gasteiger partial charge in [-0.3, -0.25) is 4.79 Å². The average Bonchev–Trinajstić information content (AvgIpc) is 2.68. The first-order valence-corrected chi connectivity index (χ1v) is 10.5. The zero-order chi connectivity index (χ0) is 22.6. The van der Waals surface area contributed by atoms with Crippen molar-refractivity contribution in [2.75, 3.05) is 19.6 Å². The summed E-state index contributed by atoms with van der Waals surface area (Å²) in [5.41, 5.74) is 1.05. The molecule has 1 aromatic carbocycles. The number of guanidine groups is 1. The predicted octanol–water partition coefficient (Wildman–Crippen LogP) is 2.79. The third-order valence-electron chi connectivity index (χ3n) is 4.03. The van der Waals surface area contributed by atoms with E-state index in [-0.39, 0.29) is 11.9 Å². The number of alkyl carbamates (subject to hydrolysis) is 1. The van der Waals surface area contributed by atoms with Crippen LogP contribution in [0.1, 0.15) is 63.9 Å². The number of hydrogen-bond donors (Lipinski definition) is 4. The van der Waals surface area contributed by atoms with Gasteiger partial charge in [-0.15, -0.1) is 0 Å². The van der Waals surface area contributed by atoms with Crippen molar-refractivity contribution in [3.63, 3.8) is 0 Å². The van der Waals surface area contributed by atoms with E-state index in [0.717, 1.165) is 12.0 Å². The van der Waals surface area contributed by atoms with Gasteiger partial charge in [0.1, 0.15) is 5.60 Å². The zero-order valence-electron chi connectivity index (χ0n) is 19.1. The van der Waals surface area contributed by atoms with Crippen molar-refractivity contribution >= 4 is 18.0 Å². The molecule has 168 valence electrons. The highest BCUT2D eigenvalue weighted by Gasteiger charge is 2.15. The smallest absolute Gasteiger partial charge is 0.407 e. The normalized spacial score (nSPS) is 12.7. The SMILES string of the molecule is CCNC(=NCc1cccc(C(=O)NC(C)CC)c1)NCCNC(=O)OC(C)(C)C. The van der Waals surface area contributed by atoms with Crippen molar-refractivity contribution in [1.29, 1.82) is 0 Å². The molecule has 30 heavy (non-hydrogen) atoms. The Balaban J connectivity index is 2.59. The lowest BCUT2D eigenvalue weighted by Crippen LogP contribution is -2.42. The van der Waals surface area contributed by atoms with E-state index >= 15 is 0 Å². The molecule has 1 aromatic rings. The van der Waals surface area contributed by atoms with E-state index in [1.165, 1.54) is 0 Å². The number of carbonyl (C=O) groups is 2. The highest BCUT2D eigenvalue weighted by molar-refractivity contribution is 5.94. The quantitative estimate of drug-likeness (QED) is 0.280. The molecule has 8 nitrogen and oxygen atoms in total. The molecule has 1 unspecified atom stereocenters. The van der Waals surface area contributed by atoms with Crippen LogP contribution in [0.25, 0.3) is 0 Å². The van der Waals surface area contributed by atoms with E-state index in [0.29, 0.717) is 37.7 Å². The first-order valence-electron chi connectivity index (χ1n) is 10.5. The zero-order valence-corrected chi connectivity index (χ0v) is 19.1. The summed E-state index contributed by atoms with van der Waals surface area (Å²) in [6.07, 6.45) is 0.440. The van der Waals surface area contributed by atoms with Gasteiger partial charge >= 0.3 is 6.09 Å². The van der Waals surface area contributed by atoms with Gasteiger partial charge in [-0.25, -0.2) is 9.79 Å². The molecule has 1 rings (SSSR count). The van der Waals surface area contributed by atoms with Gasteiger partial charge in [0.05, 0.1) is 6.54 Å². The van der Waals surface area contributed by atoms with Crippen molar-refractivity contribution in [2.24, 2.45) is 4.99 Å². The van der Waals surface area contributed by atoms with Gasteiger partial charge in [-0.05, 0) is 58.7 Å². The molecule has 8 heteroatoms. The van der Waals surface area contributed by atoms with Crippen LogP contribution in [0, 0.1) is 0 Å². The molecule has 0 aliphatic rings. The van der Waals surface area contributed by atoms with Crippen LogP contribution in [-0.2, 0) is 11.3 Å². The summed E-state index contributed by atoms with van der Waals surface area (Å²) in [6.45, 7) is 13.5. The number of ether oxygens (including phenoxy) is 1. The van der Waals surface area contributed by atoms with Crippen LogP contribution in [0.4, 0.5) is 4.79 Å². The number of hydrogen-bond acceptors (Lipinski definition) is 4. The number of nitrogens with zero attached hydrogens (tertiary/aromatic N) is 1. The van der Waals surface area contributed by atoms with E-state index in [2.05, 4.69) is 26.3 Å². The summed E-state index contributed by atoms with van der Waals surface area (Å²) in [5.74, 6) is 0.561. The third-order valence-corrected chi connectivity index (χ3v) is 4.03. The van der Waals surface area contributed by atoms with E-state index in [9.17, 15) is 9.59 Å². The number of nitrogens with one attached hydrogen (secondary N) is 4. The van der Waals surface area contributed by atoms with Crippen LogP contribution in [0.15, 0.2) is 29.3 Å². The van der Waals surface area contributed by atoms with E-state index in [1.54, 1.807) is 6.07 Å². The summed E-state index contributed by atoms with van der Waals surface area (Å²) < 4.78 is 5.20. The lowest BCUT2D eigenvalue weighted by atomic mass is 10.1. The van der Waals surface area contributed by atoms with Crippen LogP contribution in [0.3, 0.4) is 0 Å². The summed E-state index contributed by atoms with van der Waals surface area (Å²) in [5, 5.41) is 12.0. The van der Waals surface area contributed by atoms with Gasteiger partial charge in [-0.2, -0.15) is 0 Å². The fraction of sp³-hybridized carbons (Fsp3) is 0.591. The largest absolute Gasteiger partial charge is 0.444 e. The molecule has 0 heterocycles. The Labute approximate surface area is 180 Å². The van der Waals surface area contributed by atoms with Crippen molar-refractivity contribution in [3.05, 3.63) is 35.4 Å². The fourth-order valence-corrected chi connectivity index (χ4v) is 2.39. The molecule has 4 N–H and O–H groups in total. The van der Waals surface area contributed by atoms with Crippen LogP contribution < -0.4 is 21.3 Å². The summed E-state index contributed by atoms with van der Waals surface area (Å²) in [4.78, 5) is 28.5. The monoisotopic (exact) mass is 419 g/mol. The second kappa shape index (κ2) is 12.7. The van der Waals surface area contributed by atoms with Crippen LogP contribution >= 0.6 is 0 Å². The maximum Gasteiger partial charge on any atom is 0.407 e. The van der Waals surface area contributed by atoms with Gasteiger partial charge in [-0.1, -0.05) is 19.1 Å². The maximum absolute atomic E-state index is 12.3. The molecule has 0 aliphatic carbocycles. The van der Waals surface area contributed by atoms with Gasteiger partial charge in [0.2, 0.25) is 0 Å². The molecular formula is C22H37N5O3. The van der Waals surface area contributed by atoms with Crippen molar-refractivity contribution in [2.45, 2.75) is 66.2 Å². The van der Waals surface area contributed by atoms with Crippen LogP contribution in [0.5, 0.6) is 0 Å². The summed E-state index contributed by atoms with van der Waals surface area (Å²) in [6, 6.07) is 7.60. The Kier molecular flexibility index (Phi) is 10.7. The average molecular weight is 420 g/mol. The molecule has 1 atom stereocenters. The number of rotatable bonds is 9. The van der Waals surface area contributed by atoms with E-state index < -0.39 is 11.7 Å².